The van der Waals surface area contributed by atoms with E-state index in [1.807, 2.05) is 13.0 Å². The first-order valence-electron chi connectivity index (χ1n) is 12.4. The Kier molecular flexibility index (Phi) is 7.75. The lowest BCUT2D eigenvalue weighted by atomic mass is 9.75. The Balaban J connectivity index is 1.46. The molecule has 0 saturated heterocycles. The van der Waals surface area contributed by atoms with Crippen LogP contribution in [0.1, 0.15) is 80.9 Å². The van der Waals surface area contributed by atoms with E-state index in [1.54, 1.807) is 0 Å². The van der Waals surface area contributed by atoms with Crippen molar-refractivity contribution in [1.29, 1.82) is 0 Å². The average Bonchev–Trinajstić information content (AvgIpc) is 2.82. The molecule has 4 rings (SSSR count). The monoisotopic (exact) mass is 468 g/mol. The molecule has 0 aliphatic heterocycles. The van der Waals surface area contributed by atoms with Crippen molar-refractivity contribution in [3.05, 3.63) is 94.6 Å². The van der Waals surface area contributed by atoms with Crippen LogP contribution in [0.5, 0.6) is 0 Å². The van der Waals surface area contributed by atoms with Gasteiger partial charge in [-0.3, -0.25) is 0 Å². The fourth-order valence-corrected chi connectivity index (χ4v) is 5.49. The second-order valence-corrected chi connectivity index (χ2v) is 9.79. The zero-order valence-electron chi connectivity index (χ0n) is 19.9. The van der Waals surface area contributed by atoms with E-state index in [4.69, 9.17) is 0 Å². The van der Waals surface area contributed by atoms with Gasteiger partial charge < -0.3 is 0 Å². The molecule has 1 atom stereocenters. The van der Waals surface area contributed by atoms with Gasteiger partial charge >= 0.3 is 0 Å². The second kappa shape index (κ2) is 10.8. The Morgan fingerprint density at radius 2 is 1.38 bits per heavy atom. The van der Waals surface area contributed by atoms with Crippen LogP contribution in [0.25, 0.3) is 11.1 Å². The van der Waals surface area contributed by atoms with Gasteiger partial charge in [0.15, 0.2) is 0 Å². The lowest BCUT2D eigenvalue weighted by Crippen LogP contribution is -2.15. The molecule has 180 valence electrons. The quantitative estimate of drug-likeness (QED) is 0.303. The van der Waals surface area contributed by atoms with Crippen molar-refractivity contribution in [1.82, 2.24) is 0 Å². The third-order valence-electron chi connectivity index (χ3n) is 7.37. The molecule has 0 N–H and O–H groups in total. The van der Waals surface area contributed by atoms with E-state index in [1.165, 1.54) is 17.7 Å². The zero-order chi connectivity index (χ0) is 24.2. The summed E-state index contributed by atoms with van der Waals surface area (Å²) in [5.41, 5.74) is 1.48. The van der Waals surface area contributed by atoms with Crippen molar-refractivity contribution in [3.8, 4) is 11.1 Å². The fraction of sp³-hybridized carbons (Fsp3) is 0.400. The second-order valence-electron chi connectivity index (χ2n) is 9.79. The molecule has 4 heteroatoms. The molecular weight excluding hydrogens is 436 g/mol. The van der Waals surface area contributed by atoms with E-state index in [2.05, 4.69) is 31.2 Å². The van der Waals surface area contributed by atoms with Crippen molar-refractivity contribution >= 4 is 0 Å². The molecule has 0 bridgehead atoms. The Bertz CT molecular complexity index is 1070. The Morgan fingerprint density at radius 1 is 0.794 bits per heavy atom. The van der Waals surface area contributed by atoms with Crippen LogP contribution in [-0.4, -0.2) is 0 Å². The molecule has 1 fully saturated rings. The fourth-order valence-electron chi connectivity index (χ4n) is 5.49. The molecule has 0 radical (unpaired) electrons. The van der Waals surface area contributed by atoms with E-state index in [-0.39, 0.29) is 29.0 Å². The lowest BCUT2D eigenvalue weighted by Gasteiger charge is -2.30. The highest BCUT2D eigenvalue weighted by molar-refractivity contribution is 5.66. The predicted octanol–water partition coefficient (Wildman–Crippen LogP) is 9.33. The molecule has 0 unspecified atom stereocenters. The molecule has 0 amide bonds. The first-order valence-corrected chi connectivity index (χ1v) is 12.4. The van der Waals surface area contributed by atoms with E-state index in [0.29, 0.717) is 23.8 Å². The molecule has 0 nitrogen and oxygen atoms in total. The molecule has 1 saturated carbocycles. The predicted molar refractivity (Wildman–Crippen MR) is 130 cm³/mol. The Labute approximate surface area is 200 Å². The van der Waals surface area contributed by atoms with Gasteiger partial charge in [-0.25, -0.2) is 17.6 Å². The molecule has 3 aromatic carbocycles. The maximum absolute atomic E-state index is 15.0. The molecule has 0 spiro atoms. The summed E-state index contributed by atoms with van der Waals surface area (Å²) in [7, 11) is 0. The summed E-state index contributed by atoms with van der Waals surface area (Å²) < 4.78 is 58.8. The summed E-state index contributed by atoms with van der Waals surface area (Å²) in [6.45, 7) is 4.08. The zero-order valence-corrected chi connectivity index (χ0v) is 19.9. The number of hydrogen-bond donors (Lipinski definition) is 0. The van der Waals surface area contributed by atoms with E-state index in [0.717, 1.165) is 44.2 Å². The highest BCUT2D eigenvalue weighted by Gasteiger charge is 2.26. The van der Waals surface area contributed by atoms with Crippen molar-refractivity contribution in [2.75, 3.05) is 0 Å². The van der Waals surface area contributed by atoms with E-state index >= 15 is 8.78 Å². The standard InChI is InChI=1S/C30H32F4/c1-3-7-25-26(31)17-24(18-27(25)32)30-28(33)15-23(16-29(30)34)22-12-10-20(11-13-22)14-19(2)21-8-5-4-6-9-21/h4-6,8-9,15-20,22H,3,7,10-14H2,1-2H3/t19-,20?,22?/m1/s1. The average molecular weight is 469 g/mol. The summed E-state index contributed by atoms with van der Waals surface area (Å²) >= 11 is 0. The van der Waals surface area contributed by atoms with Crippen molar-refractivity contribution in [2.24, 2.45) is 5.92 Å². The van der Waals surface area contributed by atoms with Crippen molar-refractivity contribution in [3.63, 3.8) is 0 Å². The third kappa shape index (κ3) is 5.37. The van der Waals surface area contributed by atoms with Gasteiger partial charge in [-0.1, -0.05) is 50.6 Å². The molecule has 34 heavy (non-hydrogen) atoms. The van der Waals surface area contributed by atoms with Crippen LogP contribution in [0.4, 0.5) is 17.6 Å². The molecule has 0 aromatic heterocycles. The van der Waals surface area contributed by atoms with Crippen LogP contribution in [0, 0.1) is 29.2 Å². The van der Waals surface area contributed by atoms with Crippen molar-refractivity contribution in [2.45, 2.75) is 70.6 Å². The van der Waals surface area contributed by atoms with Gasteiger partial charge in [0.2, 0.25) is 0 Å². The minimum atomic E-state index is -0.767. The van der Waals surface area contributed by atoms with Crippen LogP contribution in [0.2, 0.25) is 0 Å². The highest BCUT2D eigenvalue weighted by Crippen LogP contribution is 2.41. The van der Waals surface area contributed by atoms with Gasteiger partial charge in [0.25, 0.3) is 0 Å². The van der Waals surface area contributed by atoms with Crippen LogP contribution < -0.4 is 0 Å². The van der Waals surface area contributed by atoms with Crippen LogP contribution >= 0.6 is 0 Å². The summed E-state index contributed by atoms with van der Waals surface area (Å²) in [5.74, 6) is -1.87. The normalized spacial score (nSPS) is 19.2. The van der Waals surface area contributed by atoms with Gasteiger partial charge in [-0.15, -0.1) is 0 Å². The van der Waals surface area contributed by atoms with Crippen molar-refractivity contribution < 1.29 is 17.6 Å². The maximum Gasteiger partial charge on any atom is 0.134 e. The Hall–Kier alpha value is -2.62. The summed E-state index contributed by atoms with van der Waals surface area (Å²) in [6, 6.07) is 15.3. The minimum Gasteiger partial charge on any atom is -0.207 e. The van der Waals surface area contributed by atoms with Gasteiger partial charge in [0, 0.05) is 5.56 Å². The largest absolute Gasteiger partial charge is 0.207 e. The van der Waals surface area contributed by atoms with E-state index in [9.17, 15) is 8.78 Å². The molecule has 3 aromatic rings. The van der Waals surface area contributed by atoms with Gasteiger partial charge in [0.1, 0.15) is 23.3 Å². The Morgan fingerprint density at radius 3 is 1.94 bits per heavy atom. The van der Waals surface area contributed by atoms with Crippen LogP contribution in [0.3, 0.4) is 0 Å². The molecular formula is C30H32F4. The van der Waals surface area contributed by atoms with Crippen LogP contribution in [-0.2, 0) is 6.42 Å². The number of halogens is 4. The maximum atomic E-state index is 15.0. The lowest BCUT2D eigenvalue weighted by molar-refractivity contribution is 0.296. The first kappa shape index (κ1) is 24.5. The summed E-state index contributed by atoms with van der Waals surface area (Å²) in [5, 5.41) is 0. The summed E-state index contributed by atoms with van der Waals surface area (Å²) in [4.78, 5) is 0. The van der Waals surface area contributed by atoms with Gasteiger partial charge in [0.05, 0.1) is 5.56 Å². The topological polar surface area (TPSA) is 0 Å². The van der Waals surface area contributed by atoms with Crippen LogP contribution in [0.15, 0.2) is 54.6 Å². The summed E-state index contributed by atoms with van der Waals surface area (Å²) in [6.07, 6.45) is 5.78. The van der Waals surface area contributed by atoms with E-state index < -0.39 is 23.3 Å². The first-order chi connectivity index (χ1) is 16.4. The van der Waals surface area contributed by atoms with Gasteiger partial charge in [-0.2, -0.15) is 0 Å². The minimum absolute atomic E-state index is 0.0398. The number of hydrogen-bond acceptors (Lipinski definition) is 0. The number of rotatable bonds is 7. The van der Waals surface area contributed by atoms with Gasteiger partial charge in [-0.05, 0) is 97.2 Å². The third-order valence-corrected chi connectivity index (χ3v) is 7.37. The smallest absolute Gasteiger partial charge is 0.134 e. The highest BCUT2D eigenvalue weighted by atomic mass is 19.1. The molecule has 1 aliphatic rings. The number of benzene rings is 3. The molecule has 1 aliphatic carbocycles. The SMILES string of the molecule is CCCc1c(F)cc(-c2c(F)cc(C3CCC(C[C@@H](C)c4ccccc4)CC3)cc2F)cc1F. The molecule has 0 heterocycles.